The fourth-order valence-corrected chi connectivity index (χ4v) is 2.47. The van der Waals surface area contributed by atoms with E-state index in [4.69, 9.17) is 16.1 Å². The molecule has 3 rings (SSSR count). The number of aromatic nitrogens is 2. The topological polar surface area (TPSA) is 71.3 Å². The molecule has 1 aromatic heterocycles. The van der Waals surface area contributed by atoms with E-state index in [0.29, 0.717) is 29.8 Å². The zero-order valence-electron chi connectivity index (χ0n) is 12.4. The fourth-order valence-electron chi connectivity index (χ4n) is 2.28. The van der Waals surface area contributed by atoms with Crippen LogP contribution in [0, 0.1) is 0 Å². The van der Waals surface area contributed by atoms with Crippen LogP contribution in [0.5, 0.6) is 0 Å². The standard InChI is InChI=1S/C15H17ClN4O2/c1-9(2)17-15(21)20-7-11(8-20)14-18-13(19-22-14)10-4-3-5-12(16)6-10/h3-6,9,11H,7-8H2,1-2H3,(H,17,21). The summed E-state index contributed by atoms with van der Waals surface area (Å²) < 4.78 is 5.31. The number of benzene rings is 1. The molecule has 0 unspecified atom stereocenters. The van der Waals surface area contributed by atoms with Gasteiger partial charge in [-0.25, -0.2) is 4.79 Å². The van der Waals surface area contributed by atoms with Crippen LogP contribution >= 0.6 is 11.6 Å². The van der Waals surface area contributed by atoms with Gasteiger partial charge < -0.3 is 14.7 Å². The van der Waals surface area contributed by atoms with Crippen molar-refractivity contribution in [1.82, 2.24) is 20.4 Å². The first kappa shape index (κ1) is 14.8. The van der Waals surface area contributed by atoms with Crippen molar-refractivity contribution in [3.05, 3.63) is 35.2 Å². The summed E-state index contributed by atoms with van der Waals surface area (Å²) in [6, 6.07) is 7.38. The van der Waals surface area contributed by atoms with Crippen LogP contribution in [0.2, 0.25) is 5.02 Å². The van der Waals surface area contributed by atoms with Crippen molar-refractivity contribution >= 4 is 17.6 Å². The lowest BCUT2D eigenvalue weighted by Gasteiger charge is -2.37. The Balaban J connectivity index is 1.63. The summed E-state index contributed by atoms with van der Waals surface area (Å²) in [5.74, 6) is 1.17. The number of halogens is 1. The highest BCUT2D eigenvalue weighted by atomic mass is 35.5. The lowest BCUT2D eigenvalue weighted by molar-refractivity contribution is 0.135. The molecule has 2 aromatic rings. The molecule has 7 heteroatoms. The number of urea groups is 1. The maximum Gasteiger partial charge on any atom is 0.317 e. The predicted molar refractivity (Wildman–Crippen MR) is 82.7 cm³/mol. The maximum atomic E-state index is 11.8. The Hall–Kier alpha value is -2.08. The first-order valence-electron chi connectivity index (χ1n) is 7.18. The van der Waals surface area contributed by atoms with Gasteiger partial charge in [0.2, 0.25) is 11.7 Å². The molecule has 6 nitrogen and oxygen atoms in total. The second-order valence-corrected chi connectivity index (χ2v) is 6.11. The molecule has 1 fully saturated rings. The van der Waals surface area contributed by atoms with Gasteiger partial charge in [0.1, 0.15) is 0 Å². The van der Waals surface area contributed by atoms with Crippen LogP contribution in [0.25, 0.3) is 11.4 Å². The molecule has 22 heavy (non-hydrogen) atoms. The van der Waals surface area contributed by atoms with E-state index in [1.54, 1.807) is 17.0 Å². The summed E-state index contributed by atoms with van der Waals surface area (Å²) in [5, 5.41) is 7.47. The Morgan fingerprint density at radius 2 is 2.23 bits per heavy atom. The predicted octanol–water partition coefficient (Wildman–Crippen LogP) is 2.91. The number of rotatable bonds is 3. The van der Waals surface area contributed by atoms with Gasteiger partial charge in [0, 0.05) is 29.7 Å². The minimum atomic E-state index is -0.0548. The smallest absolute Gasteiger partial charge is 0.317 e. The zero-order chi connectivity index (χ0) is 15.7. The van der Waals surface area contributed by atoms with Crippen molar-refractivity contribution in [2.45, 2.75) is 25.8 Å². The number of nitrogens with one attached hydrogen (secondary N) is 1. The van der Waals surface area contributed by atoms with Gasteiger partial charge in [0.25, 0.3) is 0 Å². The first-order chi connectivity index (χ1) is 10.5. The van der Waals surface area contributed by atoms with Crippen molar-refractivity contribution in [2.75, 3.05) is 13.1 Å². The Labute approximate surface area is 133 Å². The second-order valence-electron chi connectivity index (χ2n) is 5.67. The summed E-state index contributed by atoms with van der Waals surface area (Å²) in [4.78, 5) is 17.9. The van der Waals surface area contributed by atoms with E-state index >= 15 is 0 Å². The maximum absolute atomic E-state index is 11.8. The highest BCUT2D eigenvalue weighted by Crippen LogP contribution is 2.28. The summed E-state index contributed by atoms with van der Waals surface area (Å²) in [7, 11) is 0. The van der Waals surface area contributed by atoms with Gasteiger partial charge in [0.05, 0.1) is 5.92 Å². The Kier molecular flexibility index (Phi) is 4.02. The second kappa shape index (κ2) is 5.96. The molecular formula is C15H17ClN4O2. The molecule has 0 aliphatic carbocycles. The number of hydrogen-bond donors (Lipinski definition) is 1. The van der Waals surface area contributed by atoms with Gasteiger partial charge in [-0.05, 0) is 26.0 Å². The SMILES string of the molecule is CC(C)NC(=O)N1CC(c2nc(-c3cccc(Cl)c3)no2)C1. The quantitative estimate of drug-likeness (QED) is 0.944. The number of amides is 2. The van der Waals surface area contributed by atoms with Gasteiger partial charge in [-0.2, -0.15) is 4.98 Å². The summed E-state index contributed by atoms with van der Waals surface area (Å²) in [6.07, 6.45) is 0. The third-order valence-electron chi connectivity index (χ3n) is 3.45. The van der Waals surface area contributed by atoms with Gasteiger partial charge in [-0.1, -0.05) is 28.9 Å². The van der Waals surface area contributed by atoms with E-state index in [2.05, 4.69) is 15.5 Å². The van der Waals surface area contributed by atoms with E-state index in [-0.39, 0.29) is 18.0 Å². The molecule has 0 atom stereocenters. The van der Waals surface area contributed by atoms with Crippen molar-refractivity contribution in [3.63, 3.8) is 0 Å². The summed E-state index contributed by atoms with van der Waals surface area (Å²) in [6.45, 7) is 5.06. The first-order valence-corrected chi connectivity index (χ1v) is 7.55. The van der Waals surface area contributed by atoms with Crippen molar-refractivity contribution in [3.8, 4) is 11.4 Å². The van der Waals surface area contributed by atoms with Crippen LogP contribution in [0.1, 0.15) is 25.7 Å². The minimum absolute atomic E-state index is 0.0548. The fraction of sp³-hybridized carbons (Fsp3) is 0.400. The van der Waals surface area contributed by atoms with Gasteiger partial charge in [0.15, 0.2) is 0 Å². The molecule has 2 amide bonds. The number of likely N-dealkylation sites (tertiary alicyclic amines) is 1. The van der Waals surface area contributed by atoms with Crippen LogP contribution in [-0.2, 0) is 0 Å². The van der Waals surface area contributed by atoms with Crippen LogP contribution in [0.3, 0.4) is 0 Å². The zero-order valence-corrected chi connectivity index (χ0v) is 13.2. The molecule has 0 radical (unpaired) electrons. The lowest BCUT2D eigenvalue weighted by atomic mass is 10.0. The molecule has 2 heterocycles. The third kappa shape index (κ3) is 3.06. The normalized spacial score (nSPS) is 15.0. The number of nitrogens with zero attached hydrogens (tertiary/aromatic N) is 3. The monoisotopic (exact) mass is 320 g/mol. The van der Waals surface area contributed by atoms with Crippen LogP contribution in [0.4, 0.5) is 4.79 Å². The summed E-state index contributed by atoms with van der Waals surface area (Å²) >= 11 is 5.96. The van der Waals surface area contributed by atoms with Gasteiger partial charge >= 0.3 is 6.03 Å². The largest absolute Gasteiger partial charge is 0.339 e. The lowest BCUT2D eigenvalue weighted by Crippen LogP contribution is -2.53. The highest BCUT2D eigenvalue weighted by molar-refractivity contribution is 6.30. The van der Waals surface area contributed by atoms with Crippen LogP contribution in [0.15, 0.2) is 28.8 Å². The molecule has 1 aromatic carbocycles. The molecule has 0 saturated carbocycles. The minimum Gasteiger partial charge on any atom is -0.339 e. The Morgan fingerprint density at radius 3 is 2.91 bits per heavy atom. The number of hydrogen-bond acceptors (Lipinski definition) is 4. The van der Waals surface area contributed by atoms with Crippen molar-refractivity contribution in [1.29, 1.82) is 0 Å². The van der Waals surface area contributed by atoms with Crippen LogP contribution in [-0.4, -0.2) is 40.2 Å². The molecule has 1 N–H and O–H groups in total. The molecule has 0 bridgehead atoms. The van der Waals surface area contributed by atoms with E-state index in [0.717, 1.165) is 5.56 Å². The van der Waals surface area contributed by atoms with E-state index in [1.165, 1.54) is 0 Å². The number of carbonyl (C=O) groups excluding carboxylic acids is 1. The average Bonchev–Trinajstić information content (AvgIpc) is 2.85. The van der Waals surface area contributed by atoms with E-state index in [1.807, 2.05) is 26.0 Å². The Morgan fingerprint density at radius 1 is 1.45 bits per heavy atom. The van der Waals surface area contributed by atoms with Gasteiger partial charge in [-0.15, -0.1) is 0 Å². The van der Waals surface area contributed by atoms with E-state index < -0.39 is 0 Å². The molecule has 116 valence electrons. The molecule has 0 spiro atoms. The van der Waals surface area contributed by atoms with E-state index in [9.17, 15) is 4.79 Å². The molecule has 1 aliphatic heterocycles. The Bertz CT molecular complexity index is 680. The van der Waals surface area contributed by atoms with Crippen LogP contribution < -0.4 is 5.32 Å². The molecule has 1 saturated heterocycles. The highest BCUT2D eigenvalue weighted by Gasteiger charge is 2.35. The summed E-state index contributed by atoms with van der Waals surface area (Å²) in [5.41, 5.74) is 0.816. The third-order valence-corrected chi connectivity index (χ3v) is 3.69. The van der Waals surface area contributed by atoms with Crippen molar-refractivity contribution in [2.24, 2.45) is 0 Å². The van der Waals surface area contributed by atoms with Crippen molar-refractivity contribution < 1.29 is 9.32 Å². The molecule has 1 aliphatic rings. The average molecular weight is 321 g/mol. The number of carbonyl (C=O) groups is 1. The molecular weight excluding hydrogens is 304 g/mol. The van der Waals surface area contributed by atoms with Gasteiger partial charge in [-0.3, -0.25) is 0 Å².